The van der Waals surface area contributed by atoms with Gasteiger partial charge in [-0.15, -0.1) is 0 Å². The Hall–Kier alpha value is -2.44. The fourth-order valence-electron chi connectivity index (χ4n) is 2.67. The molecular formula is C16H20FN5O. The lowest BCUT2D eigenvalue weighted by Crippen LogP contribution is -2.23. The van der Waals surface area contributed by atoms with Gasteiger partial charge in [-0.2, -0.15) is 15.0 Å². The van der Waals surface area contributed by atoms with Crippen LogP contribution in [-0.4, -0.2) is 21.6 Å². The summed E-state index contributed by atoms with van der Waals surface area (Å²) < 4.78 is 19.3. The number of anilines is 2. The van der Waals surface area contributed by atoms with Gasteiger partial charge < -0.3 is 15.8 Å². The van der Waals surface area contributed by atoms with E-state index in [1.54, 1.807) is 0 Å². The molecule has 3 rings (SSSR count). The Balaban J connectivity index is 1.92. The predicted molar refractivity (Wildman–Crippen MR) is 86.2 cm³/mol. The van der Waals surface area contributed by atoms with Crippen LogP contribution in [0.4, 0.5) is 16.3 Å². The lowest BCUT2D eigenvalue weighted by atomic mass is 9.95. The number of nitrogens with zero attached hydrogens (tertiary/aromatic N) is 3. The Kier molecular flexibility index (Phi) is 4.02. The first-order chi connectivity index (χ1) is 11.0. The number of benzene rings is 1. The molecule has 1 aromatic heterocycles. The quantitative estimate of drug-likeness (QED) is 0.905. The molecule has 122 valence electrons. The number of aryl methyl sites for hydroxylation is 1. The lowest BCUT2D eigenvalue weighted by Gasteiger charge is -2.28. The molecule has 3 N–H and O–H groups in total. The summed E-state index contributed by atoms with van der Waals surface area (Å²) in [5, 5.41) is 3.23. The van der Waals surface area contributed by atoms with Gasteiger partial charge in [0.1, 0.15) is 5.75 Å². The molecule has 0 amide bonds. The van der Waals surface area contributed by atoms with E-state index >= 15 is 0 Å². The zero-order chi connectivity index (χ0) is 16.6. The summed E-state index contributed by atoms with van der Waals surface area (Å²) in [5.74, 6) is 1.23. The van der Waals surface area contributed by atoms with Gasteiger partial charge in [0.25, 0.3) is 0 Å². The van der Waals surface area contributed by atoms with Crippen LogP contribution in [0.25, 0.3) is 0 Å². The van der Waals surface area contributed by atoms with Crippen LogP contribution in [0.5, 0.6) is 5.75 Å². The van der Waals surface area contributed by atoms with Crippen molar-refractivity contribution in [1.82, 2.24) is 15.0 Å². The number of nitrogens with two attached hydrogens (primary N) is 1. The van der Waals surface area contributed by atoms with Crippen molar-refractivity contribution in [2.75, 3.05) is 17.7 Å². The number of aromatic nitrogens is 3. The lowest BCUT2D eigenvalue weighted by molar-refractivity contribution is 0.271. The molecule has 2 unspecified atom stereocenters. The van der Waals surface area contributed by atoms with Crippen molar-refractivity contribution in [3.63, 3.8) is 0 Å². The predicted octanol–water partition coefficient (Wildman–Crippen LogP) is 3.04. The maximum atomic E-state index is 13.5. The molecular weight excluding hydrogens is 297 g/mol. The Morgan fingerprint density at radius 3 is 2.83 bits per heavy atom. The molecule has 6 nitrogen and oxygen atoms in total. The molecule has 1 aliphatic heterocycles. The van der Waals surface area contributed by atoms with Crippen LogP contribution in [0.3, 0.4) is 0 Å². The normalized spacial score (nSPS) is 18.0. The second-order valence-corrected chi connectivity index (χ2v) is 5.75. The molecule has 0 fully saturated rings. The van der Waals surface area contributed by atoms with Crippen molar-refractivity contribution >= 4 is 11.9 Å². The molecule has 7 heteroatoms. The van der Waals surface area contributed by atoms with E-state index in [0.29, 0.717) is 6.61 Å². The van der Waals surface area contributed by atoms with Crippen LogP contribution in [0, 0.1) is 13.8 Å². The van der Waals surface area contributed by atoms with Crippen molar-refractivity contribution in [2.24, 2.45) is 0 Å². The second-order valence-electron chi connectivity index (χ2n) is 5.75. The number of nitrogen functional groups attached to an aromatic ring is 1. The van der Waals surface area contributed by atoms with Crippen LogP contribution in [0.1, 0.15) is 48.1 Å². The van der Waals surface area contributed by atoms with Gasteiger partial charge in [0.2, 0.25) is 11.9 Å². The van der Waals surface area contributed by atoms with E-state index < -0.39 is 6.17 Å². The van der Waals surface area contributed by atoms with Crippen LogP contribution < -0.4 is 15.8 Å². The third kappa shape index (κ3) is 3.04. The molecule has 0 saturated carbocycles. The topological polar surface area (TPSA) is 86.0 Å². The number of ether oxygens (including phenoxy) is 1. The number of hydrogen-bond acceptors (Lipinski definition) is 6. The van der Waals surface area contributed by atoms with Crippen LogP contribution in [-0.2, 0) is 0 Å². The average Bonchev–Trinajstić information content (AvgIpc) is 2.51. The summed E-state index contributed by atoms with van der Waals surface area (Å²) >= 11 is 0. The molecule has 0 aliphatic carbocycles. The van der Waals surface area contributed by atoms with Crippen molar-refractivity contribution in [3.05, 3.63) is 34.6 Å². The first kappa shape index (κ1) is 15.5. The molecule has 0 saturated heterocycles. The fraction of sp³-hybridized carbons (Fsp3) is 0.438. The van der Waals surface area contributed by atoms with Crippen molar-refractivity contribution in [3.8, 4) is 5.75 Å². The van der Waals surface area contributed by atoms with E-state index in [0.717, 1.165) is 23.3 Å². The van der Waals surface area contributed by atoms with Crippen molar-refractivity contribution < 1.29 is 9.13 Å². The zero-order valence-electron chi connectivity index (χ0n) is 13.4. The minimum Gasteiger partial charge on any atom is -0.493 e. The van der Waals surface area contributed by atoms with Gasteiger partial charge in [0.15, 0.2) is 12.0 Å². The number of alkyl halides is 1. The number of fused-ring (bicyclic) bond motifs is 1. The van der Waals surface area contributed by atoms with E-state index in [-0.39, 0.29) is 23.8 Å². The van der Waals surface area contributed by atoms with E-state index in [1.807, 2.05) is 13.0 Å². The molecule has 1 aromatic carbocycles. The Labute approximate surface area is 134 Å². The van der Waals surface area contributed by atoms with Gasteiger partial charge >= 0.3 is 0 Å². The average molecular weight is 317 g/mol. The van der Waals surface area contributed by atoms with Crippen LogP contribution >= 0.6 is 0 Å². The van der Waals surface area contributed by atoms with E-state index in [1.165, 1.54) is 12.5 Å². The van der Waals surface area contributed by atoms with E-state index in [4.69, 9.17) is 10.5 Å². The van der Waals surface area contributed by atoms with Gasteiger partial charge in [0, 0.05) is 12.0 Å². The molecule has 2 atom stereocenters. The standard InChI is InChI=1S/C16H20FN5O/c1-8-4-5-11-12(6-7-23-13(11)9(8)2)19-16-21-14(10(3)17)20-15(18)22-16/h4-5,10,12H,6-7H2,1-3H3,(H3,18,19,20,21,22). The van der Waals surface area contributed by atoms with Crippen LogP contribution in [0.15, 0.2) is 12.1 Å². The third-order valence-electron chi connectivity index (χ3n) is 4.06. The molecule has 0 radical (unpaired) electrons. The molecule has 1 aliphatic rings. The highest BCUT2D eigenvalue weighted by Gasteiger charge is 2.24. The molecule has 2 aromatic rings. The first-order valence-corrected chi connectivity index (χ1v) is 7.60. The number of nitrogens with one attached hydrogen (secondary N) is 1. The highest BCUT2D eigenvalue weighted by Crippen LogP contribution is 2.37. The van der Waals surface area contributed by atoms with Gasteiger partial charge in [-0.1, -0.05) is 12.1 Å². The number of rotatable bonds is 3. The van der Waals surface area contributed by atoms with Crippen molar-refractivity contribution in [1.29, 1.82) is 0 Å². The summed E-state index contributed by atoms with van der Waals surface area (Å²) in [5.41, 5.74) is 9.01. The summed E-state index contributed by atoms with van der Waals surface area (Å²) in [7, 11) is 0. The fourth-order valence-corrected chi connectivity index (χ4v) is 2.67. The smallest absolute Gasteiger partial charge is 0.228 e. The van der Waals surface area contributed by atoms with Gasteiger partial charge in [-0.25, -0.2) is 4.39 Å². The minimum absolute atomic E-state index is 0.00868. The van der Waals surface area contributed by atoms with Gasteiger partial charge in [0.05, 0.1) is 12.6 Å². The molecule has 23 heavy (non-hydrogen) atoms. The highest BCUT2D eigenvalue weighted by molar-refractivity contribution is 5.50. The maximum absolute atomic E-state index is 13.5. The van der Waals surface area contributed by atoms with Crippen molar-refractivity contribution in [2.45, 2.75) is 39.4 Å². The summed E-state index contributed by atoms with van der Waals surface area (Å²) in [6.45, 7) is 6.06. The number of halogens is 1. The molecule has 2 heterocycles. The van der Waals surface area contributed by atoms with E-state index in [9.17, 15) is 4.39 Å². The first-order valence-electron chi connectivity index (χ1n) is 7.60. The minimum atomic E-state index is -1.30. The summed E-state index contributed by atoms with van der Waals surface area (Å²) in [6.07, 6.45) is -0.533. The number of hydrogen-bond donors (Lipinski definition) is 2. The Morgan fingerprint density at radius 2 is 2.09 bits per heavy atom. The second kappa shape index (κ2) is 5.98. The largest absolute Gasteiger partial charge is 0.493 e. The summed E-state index contributed by atoms with van der Waals surface area (Å²) in [4.78, 5) is 12.0. The van der Waals surface area contributed by atoms with Gasteiger partial charge in [-0.05, 0) is 31.9 Å². The third-order valence-corrected chi connectivity index (χ3v) is 4.06. The monoisotopic (exact) mass is 317 g/mol. The maximum Gasteiger partial charge on any atom is 0.228 e. The van der Waals surface area contributed by atoms with Crippen LogP contribution in [0.2, 0.25) is 0 Å². The molecule has 0 spiro atoms. The van der Waals surface area contributed by atoms with E-state index in [2.05, 4.69) is 33.3 Å². The Bertz CT molecular complexity index is 735. The molecule has 0 bridgehead atoms. The SMILES string of the molecule is Cc1ccc2c(c1C)OCCC2Nc1nc(N)nc(C(C)F)n1. The zero-order valence-corrected chi connectivity index (χ0v) is 13.4. The Morgan fingerprint density at radius 1 is 1.30 bits per heavy atom. The summed E-state index contributed by atoms with van der Waals surface area (Å²) in [6, 6.07) is 4.09. The highest BCUT2D eigenvalue weighted by atomic mass is 19.1. The van der Waals surface area contributed by atoms with Gasteiger partial charge in [-0.3, -0.25) is 0 Å².